The van der Waals surface area contributed by atoms with Crippen LogP contribution in [0.25, 0.3) is 0 Å². The van der Waals surface area contributed by atoms with Gasteiger partial charge >= 0.3 is 0 Å². The van der Waals surface area contributed by atoms with E-state index >= 15 is 0 Å². The van der Waals surface area contributed by atoms with E-state index in [1.807, 2.05) is 0 Å². The van der Waals surface area contributed by atoms with Crippen molar-refractivity contribution in [1.29, 1.82) is 0 Å². The fraction of sp³-hybridized carbons (Fsp3) is 0.500. The van der Waals surface area contributed by atoms with E-state index in [1.165, 1.54) is 4.90 Å². The van der Waals surface area contributed by atoms with Crippen molar-refractivity contribution < 1.29 is 23.1 Å². The smallest absolute Gasteiger partial charge is 0.259 e. The second-order valence-corrected chi connectivity index (χ2v) is 5.52. The number of aliphatic hydroxyl groups is 1. The average molecular weight is 285 g/mol. The first-order valence-electron chi connectivity index (χ1n) is 6.59. The van der Waals surface area contributed by atoms with Gasteiger partial charge in [-0.1, -0.05) is 0 Å². The van der Waals surface area contributed by atoms with Crippen LogP contribution >= 0.6 is 0 Å². The average Bonchev–Trinajstić information content (AvgIpc) is 2.90. The molecule has 0 spiro atoms. The van der Waals surface area contributed by atoms with Crippen LogP contribution < -0.4 is 0 Å². The molecular weight excluding hydrogens is 271 g/mol. The van der Waals surface area contributed by atoms with E-state index in [-0.39, 0.29) is 11.8 Å². The molecule has 20 heavy (non-hydrogen) atoms. The summed E-state index contributed by atoms with van der Waals surface area (Å²) in [4.78, 5) is 13.5. The Morgan fingerprint density at radius 2 is 1.80 bits per heavy atom. The molecule has 1 saturated heterocycles. The number of carbonyl (C=O) groups is 1. The highest BCUT2D eigenvalue weighted by atomic mass is 19.1. The quantitative estimate of drug-likeness (QED) is 0.856. The maximum atomic E-state index is 13.6. The summed E-state index contributed by atoms with van der Waals surface area (Å²) in [6, 6.07) is 1.00. The topological polar surface area (TPSA) is 40.5 Å². The largest absolute Gasteiger partial charge is 0.393 e. The number of halogens is 3. The molecule has 6 heteroatoms. The van der Waals surface area contributed by atoms with E-state index in [0.717, 1.165) is 6.42 Å². The normalized spacial score (nSPS) is 28.8. The standard InChI is InChI=1S/C14H14F3NO2/c15-8-3-10(16)13(11(17)4-8)14(20)18-5-7-1-2-12(19)9(7)6-18/h3-4,7,9,12,19H,1-2,5-6H2. The molecular formula is C14H14F3NO2. The van der Waals surface area contributed by atoms with Crippen molar-refractivity contribution in [3.63, 3.8) is 0 Å². The second-order valence-electron chi connectivity index (χ2n) is 5.52. The van der Waals surface area contributed by atoms with Gasteiger partial charge in [-0.2, -0.15) is 0 Å². The number of carbonyl (C=O) groups excluding carboxylic acids is 1. The summed E-state index contributed by atoms with van der Waals surface area (Å²) in [5.41, 5.74) is -0.721. The molecule has 2 aliphatic rings. The monoisotopic (exact) mass is 285 g/mol. The number of fused-ring (bicyclic) bond motifs is 1. The van der Waals surface area contributed by atoms with Crippen molar-refractivity contribution in [2.75, 3.05) is 13.1 Å². The molecule has 1 amide bonds. The number of rotatable bonds is 1. The number of likely N-dealkylation sites (tertiary alicyclic amines) is 1. The van der Waals surface area contributed by atoms with Crippen LogP contribution in [-0.2, 0) is 0 Å². The maximum Gasteiger partial charge on any atom is 0.259 e. The van der Waals surface area contributed by atoms with Gasteiger partial charge < -0.3 is 10.0 Å². The van der Waals surface area contributed by atoms with Crippen LogP contribution in [0.2, 0.25) is 0 Å². The number of aliphatic hydroxyl groups excluding tert-OH is 1. The molecule has 3 unspecified atom stereocenters. The first-order valence-corrected chi connectivity index (χ1v) is 6.59. The van der Waals surface area contributed by atoms with E-state index < -0.39 is 35.0 Å². The number of hydrogen-bond acceptors (Lipinski definition) is 2. The minimum atomic E-state index is -1.19. The molecule has 0 radical (unpaired) electrons. The molecule has 1 aliphatic carbocycles. The molecule has 3 nitrogen and oxygen atoms in total. The third-order valence-electron chi connectivity index (χ3n) is 4.33. The van der Waals surface area contributed by atoms with Crippen LogP contribution in [0.15, 0.2) is 12.1 Å². The molecule has 1 aromatic carbocycles. The molecule has 1 N–H and O–H groups in total. The van der Waals surface area contributed by atoms with Crippen LogP contribution in [0.1, 0.15) is 23.2 Å². The van der Waals surface area contributed by atoms with Crippen molar-refractivity contribution >= 4 is 5.91 Å². The van der Waals surface area contributed by atoms with Crippen molar-refractivity contribution in [2.45, 2.75) is 18.9 Å². The van der Waals surface area contributed by atoms with Gasteiger partial charge in [-0.15, -0.1) is 0 Å². The van der Waals surface area contributed by atoms with Gasteiger partial charge in [-0.05, 0) is 18.8 Å². The first-order chi connectivity index (χ1) is 9.47. The zero-order valence-electron chi connectivity index (χ0n) is 10.7. The summed E-state index contributed by atoms with van der Waals surface area (Å²) in [6.45, 7) is 0.678. The minimum absolute atomic E-state index is 0.0227. The van der Waals surface area contributed by atoms with E-state index in [1.54, 1.807) is 0 Å². The highest BCUT2D eigenvalue weighted by Gasteiger charge is 2.44. The summed E-state index contributed by atoms with van der Waals surface area (Å²) in [5, 5.41) is 9.78. The van der Waals surface area contributed by atoms with E-state index in [9.17, 15) is 23.1 Å². The molecule has 1 aliphatic heterocycles. The number of amides is 1. The number of nitrogens with zero attached hydrogens (tertiary/aromatic N) is 1. The molecule has 0 bridgehead atoms. The minimum Gasteiger partial charge on any atom is -0.393 e. The third kappa shape index (κ3) is 2.08. The summed E-state index contributed by atoms with van der Waals surface area (Å²) < 4.78 is 40.1. The van der Waals surface area contributed by atoms with Crippen molar-refractivity contribution in [3.05, 3.63) is 35.1 Å². The Labute approximate surface area is 114 Å². The summed E-state index contributed by atoms with van der Waals surface area (Å²) in [7, 11) is 0. The Morgan fingerprint density at radius 3 is 2.40 bits per heavy atom. The predicted octanol–water partition coefficient (Wildman–Crippen LogP) is 1.95. The van der Waals surface area contributed by atoms with Gasteiger partial charge in [0.05, 0.1) is 6.10 Å². The van der Waals surface area contributed by atoms with E-state index in [0.29, 0.717) is 31.6 Å². The molecule has 1 heterocycles. The molecule has 2 fully saturated rings. The Kier molecular flexibility index (Phi) is 3.20. The van der Waals surface area contributed by atoms with Crippen LogP contribution in [-0.4, -0.2) is 35.1 Å². The van der Waals surface area contributed by atoms with Crippen LogP contribution in [0.3, 0.4) is 0 Å². The van der Waals surface area contributed by atoms with Gasteiger partial charge in [0.2, 0.25) is 0 Å². The van der Waals surface area contributed by atoms with Gasteiger partial charge in [-0.3, -0.25) is 4.79 Å². The lowest BCUT2D eigenvalue weighted by molar-refractivity contribution is 0.0743. The number of benzene rings is 1. The van der Waals surface area contributed by atoms with Gasteiger partial charge in [0.25, 0.3) is 5.91 Å². The maximum absolute atomic E-state index is 13.6. The zero-order chi connectivity index (χ0) is 14.4. The Morgan fingerprint density at radius 1 is 1.15 bits per heavy atom. The fourth-order valence-electron chi connectivity index (χ4n) is 3.31. The summed E-state index contributed by atoms with van der Waals surface area (Å²) >= 11 is 0. The molecule has 0 aromatic heterocycles. The van der Waals surface area contributed by atoms with Gasteiger partial charge in [-0.25, -0.2) is 13.2 Å². The van der Waals surface area contributed by atoms with Gasteiger partial charge in [0.15, 0.2) is 0 Å². The Bertz CT molecular complexity index is 540. The molecule has 3 atom stereocenters. The first kappa shape index (κ1) is 13.4. The second kappa shape index (κ2) is 4.77. The lowest BCUT2D eigenvalue weighted by Gasteiger charge is -2.19. The summed E-state index contributed by atoms with van der Waals surface area (Å²) in [6.07, 6.45) is 1.06. The van der Waals surface area contributed by atoms with Crippen molar-refractivity contribution in [3.8, 4) is 0 Å². The van der Waals surface area contributed by atoms with E-state index in [2.05, 4.69) is 0 Å². The van der Waals surface area contributed by atoms with Crippen LogP contribution in [0.5, 0.6) is 0 Å². The zero-order valence-corrected chi connectivity index (χ0v) is 10.7. The van der Waals surface area contributed by atoms with Crippen molar-refractivity contribution in [2.24, 2.45) is 11.8 Å². The molecule has 1 saturated carbocycles. The van der Waals surface area contributed by atoms with Gasteiger partial charge in [0.1, 0.15) is 23.0 Å². The van der Waals surface area contributed by atoms with Crippen LogP contribution in [0.4, 0.5) is 13.2 Å². The molecule has 1 aromatic rings. The van der Waals surface area contributed by atoms with Gasteiger partial charge in [0, 0.05) is 31.1 Å². The fourth-order valence-corrected chi connectivity index (χ4v) is 3.31. The van der Waals surface area contributed by atoms with Crippen molar-refractivity contribution in [1.82, 2.24) is 4.90 Å². The Hall–Kier alpha value is -1.56. The summed E-state index contributed by atoms with van der Waals surface area (Å²) in [5.74, 6) is -4.05. The van der Waals surface area contributed by atoms with Crippen LogP contribution in [0, 0.1) is 29.3 Å². The highest BCUT2D eigenvalue weighted by Crippen LogP contribution is 2.38. The Balaban J connectivity index is 1.84. The van der Waals surface area contributed by atoms with E-state index in [4.69, 9.17) is 0 Å². The lowest BCUT2D eigenvalue weighted by Crippen LogP contribution is -2.32. The molecule has 3 rings (SSSR count). The predicted molar refractivity (Wildman–Crippen MR) is 64.4 cm³/mol. The lowest BCUT2D eigenvalue weighted by atomic mass is 10.00. The molecule has 108 valence electrons. The number of hydrogen-bond donors (Lipinski definition) is 1. The third-order valence-corrected chi connectivity index (χ3v) is 4.33. The SMILES string of the molecule is O=C(c1c(F)cc(F)cc1F)N1CC2CCC(O)C2C1. The highest BCUT2D eigenvalue weighted by molar-refractivity contribution is 5.95.